The van der Waals surface area contributed by atoms with Crippen LogP contribution in [0.4, 0.5) is 0 Å². The van der Waals surface area contributed by atoms with Gasteiger partial charge in [-0.2, -0.15) is 0 Å². The molecule has 2 amide bonds. The summed E-state index contributed by atoms with van der Waals surface area (Å²) < 4.78 is 0. The molecule has 0 saturated carbocycles. The first-order valence-electron chi connectivity index (χ1n) is 10.3. The number of hydrogen-bond donors (Lipinski definition) is 0. The van der Waals surface area contributed by atoms with Crippen LogP contribution in [-0.4, -0.2) is 23.3 Å². The molecule has 1 atom stereocenters. The molecule has 0 aromatic heterocycles. The van der Waals surface area contributed by atoms with Crippen molar-refractivity contribution in [3.8, 4) is 0 Å². The van der Waals surface area contributed by atoms with Crippen LogP contribution in [0.15, 0.2) is 91.5 Å². The van der Waals surface area contributed by atoms with Crippen LogP contribution < -0.4 is 0 Å². The molecule has 0 fully saturated rings. The number of benzene rings is 3. The molecule has 0 N–H and O–H groups in total. The smallest absolute Gasteiger partial charge is 0.261 e. The van der Waals surface area contributed by atoms with Gasteiger partial charge in [-0.15, -0.1) is 6.58 Å². The average molecular weight is 396 g/mol. The molecule has 3 nitrogen and oxygen atoms in total. The summed E-state index contributed by atoms with van der Waals surface area (Å²) in [5, 5.41) is 2.45. The molecule has 3 aromatic rings. The maximum absolute atomic E-state index is 12.5. The third kappa shape index (κ3) is 3.84. The fraction of sp³-hybridized carbons (Fsp3) is 0.185. The van der Waals surface area contributed by atoms with Gasteiger partial charge in [0.1, 0.15) is 0 Å². The first-order valence-corrected chi connectivity index (χ1v) is 10.3. The molecule has 150 valence electrons. The highest BCUT2D eigenvalue weighted by atomic mass is 16.2. The summed E-state index contributed by atoms with van der Waals surface area (Å²) in [6, 6.07) is 21.8. The second-order valence-electron chi connectivity index (χ2n) is 7.81. The Hall–Kier alpha value is -3.46. The minimum atomic E-state index is -0.193. The van der Waals surface area contributed by atoms with Crippen LogP contribution in [0.3, 0.4) is 0 Å². The second kappa shape index (κ2) is 8.50. The predicted molar refractivity (Wildman–Crippen MR) is 122 cm³/mol. The minimum Gasteiger partial charge on any atom is -0.274 e. The maximum Gasteiger partial charge on any atom is 0.261 e. The third-order valence-electron chi connectivity index (χ3n) is 5.79. The van der Waals surface area contributed by atoms with Crippen LogP contribution in [0.25, 0.3) is 10.8 Å². The number of carbonyl (C=O) groups excluding carboxylic acids is 2. The van der Waals surface area contributed by atoms with E-state index in [1.807, 2.05) is 18.2 Å². The van der Waals surface area contributed by atoms with E-state index >= 15 is 0 Å². The number of hydrogen-bond acceptors (Lipinski definition) is 2. The number of carbonyl (C=O) groups is 2. The molecule has 1 heterocycles. The van der Waals surface area contributed by atoms with Gasteiger partial charge in [0, 0.05) is 12.5 Å². The Bertz CT molecular complexity index is 1110. The van der Waals surface area contributed by atoms with E-state index in [0.717, 1.165) is 18.4 Å². The van der Waals surface area contributed by atoms with Crippen LogP contribution >= 0.6 is 0 Å². The number of fused-ring (bicyclic) bond motifs is 2. The van der Waals surface area contributed by atoms with Gasteiger partial charge in [-0.05, 0) is 47.7 Å². The lowest BCUT2D eigenvalue weighted by molar-refractivity contribution is 0.0652. The summed E-state index contributed by atoms with van der Waals surface area (Å²) in [5.74, 6) is -0.191. The van der Waals surface area contributed by atoms with E-state index in [1.54, 1.807) is 24.3 Å². The third-order valence-corrected chi connectivity index (χ3v) is 5.79. The zero-order chi connectivity index (χ0) is 21.1. The van der Waals surface area contributed by atoms with Gasteiger partial charge < -0.3 is 0 Å². The average Bonchev–Trinajstić information content (AvgIpc) is 3.02. The predicted octanol–water partition coefficient (Wildman–Crippen LogP) is 6.13. The molecule has 4 rings (SSSR count). The van der Waals surface area contributed by atoms with E-state index in [1.165, 1.54) is 21.2 Å². The Morgan fingerprint density at radius 2 is 1.53 bits per heavy atom. The molecule has 1 aliphatic heterocycles. The molecule has 3 heteroatoms. The topological polar surface area (TPSA) is 37.4 Å². The Morgan fingerprint density at radius 1 is 0.900 bits per heavy atom. The van der Waals surface area contributed by atoms with Crippen molar-refractivity contribution >= 4 is 22.6 Å². The zero-order valence-electron chi connectivity index (χ0n) is 17.0. The van der Waals surface area contributed by atoms with Gasteiger partial charge in [-0.25, -0.2) is 0 Å². The van der Waals surface area contributed by atoms with Gasteiger partial charge in [-0.1, -0.05) is 72.8 Å². The highest BCUT2D eigenvalue weighted by Gasteiger charge is 2.34. The molecule has 1 aliphatic rings. The summed E-state index contributed by atoms with van der Waals surface area (Å²) in [6.07, 6.45) is 4.26. The number of nitrogens with zero attached hydrogens (tertiary/aromatic N) is 1. The van der Waals surface area contributed by atoms with Gasteiger partial charge in [0.15, 0.2) is 0 Å². The number of allylic oxidation sites excluding steroid dienone is 2. The van der Waals surface area contributed by atoms with E-state index in [9.17, 15) is 9.59 Å². The summed E-state index contributed by atoms with van der Waals surface area (Å²) in [7, 11) is 0. The monoisotopic (exact) mass is 395 g/mol. The number of rotatable bonds is 8. The first-order chi connectivity index (χ1) is 14.6. The highest BCUT2D eigenvalue weighted by Crippen LogP contribution is 2.29. The standard InChI is InChI=1S/C27H25NO2/c1-3-20(23-15-14-21-10-4-5-11-22(21)18-23)17-19(2)9-8-16-28-26(29)24-12-6-7-13-25(24)27(28)30/h3-7,10-15,18,20H,1-2,8-9,16-17H2/t20-/m0/s1. The van der Waals surface area contributed by atoms with Crippen molar-refractivity contribution in [2.45, 2.75) is 25.2 Å². The SMILES string of the molecule is C=C[C@@H](CC(=C)CCCN1C(=O)c2ccccc2C1=O)c1ccc2ccccc2c1. The second-order valence-corrected chi connectivity index (χ2v) is 7.81. The Morgan fingerprint density at radius 3 is 2.20 bits per heavy atom. The lowest BCUT2D eigenvalue weighted by Crippen LogP contribution is -2.30. The number of imide groups is 1. The van der Waals surface area contributed by atoms with Crippen molar-refractivity contribution < 1.29 is 9.59 Å². The van der Waals surface area contributed by atoms with Crippen molar-refractivity contribution in [2.75, 3.05) is 6.54 Å². The molecule has 30 heavy (non-hydrogen) atoms. The van der Waals surface area contributed by atoms with E-state index < -0.39 is 0 Å². The summed E-state index contributed by atoms with van der Waals surface area (Å²) >= 11 is 0. The van der Waals surface area contributed by atoms with Crippen molar-refractivity contribution in [1.82, 2.24) is 4.90 Å². The van der Waals surface area contributed by atoms with E-state index in [4.69, 9.17) is 0 Å². The minimum absolute atomic E-state index is 0.193. The zero-order valence-corrected chi connectivity index (χ0v) is 17.0. The lowest BCUT2D eigenvalue weighted by atomic mass is 9.89. The van der Waals surface area contributed by atoms with Crippen LogP contribution in [0.5, 0.6) is 0 Å². The summed E-state index contributed by atoms with van der Waals surface area (Å²) in [6.45, 7) is 8.67. The molecule has 0 aliphatic carbocycles. The quantitative estimate of drug-likeness (QED) is 0.340. The van der Waals surface area contributed by atoms with Gasteiger partial charge in [0.25, 0.3) is 11.8 Å². The van der Waals surface area contributed by atoms with E-state index in [0.29, 0.717) is 24.1 Å². The normalized spacial score (nSPS) is 14.1. The molecule has 0 bridgehead atoms. The largest absolute Gasteiger partial charge is 0.274 e. The van der Waals surface area contributed by atoms with Crippen molar-refractivity contribution in [3.05, 3.63) is 108 Å². The van der Waals surface area contributed by atoms with Crippen molar-refractivity contribution in [2.24, 2.45) is 0 Å². The van der Waals surface area contributed by atoms with Crippen LogP contribution in [0.1, 0.15) is 51.5 Å². The first kappa shape index (κ1) is 19.8. The van der Waals surface area contributed by atoms with Gasteiger partial charge in [0.05, 0.1) is 11.1 Å². The fourth-order valence-corrected chi connectivity index (χ4v) is 4.12. The summed E-state index contributed by atoms with van der Waals surface area (Å²) in [4.78, 5) is 26.3. The molecule has 3 aromatic carbocycles. The van der Waals surface area contributed by atoms with Gasteiger partial charge in [-0.3, -0.25) is 14.5 Å². The van der Waals surface area contributed by atoms with Crippen molar-refractivity contribution in [3.63, 3.8) is 0 Å². The van der Waals surface area contributed by atoms with Crippen LogP contribution in [0.2, 0.25) is 0 Å². The van der Waals surface area contributed by atoms with Gasteiger partial charge in [0.2, 0.25) is 0 Å². The molecular formula is C27H25NO2. The van der Waals surface area contributed by atoms with Crippen molar-refractivity contribution in [1.29, 1.82) is 0 Å². The molecule has 0 saturated heterocycles. The maximum atomic E-state index is 12.5. The van der Waals surface area contributed by atoms with E-state index in [2.05, 4.69) is 43.5 Å². The molecular weight excluding hydrogens is 370 g/mol. The van der Waals surface area contributed by atoms with E-state index in [-0.39, 0.29) is 17.7 Å². The van der Waals surface area contributed by atoms with Gasteiger partial charge >= 0.3 is 0 Å². The molecule has 0 spiro atoms. The van der Waals surface area contributed by atoms with Crippen LogP contribution in [-0.2, 0) is 0 Å². The number of amides is 2. The summed E-state index contributed by atoms with van der Waals surface area (Å²) in [5.41, 5.74) is 3.34. The Kier molecular flexibility index (Phi) is 5.62. The molecule has 0 radical (unpaired) electrons. The fourth-order valence-electron chi connectivity index (χ4n) is 4.12. The lowest BCUT2D eigenvalue weighted by Gasteiger charge is -2.17. The highest BCUT2D eigenvalue weighted by molar-refractivity contribution is 6.21. The molecule has 0 unspecified atom stereocenters. The Balaban J connectivity index is 1.34. The van der Waals surface area contributed by atoms with Crippen LogP contribution in [0, 0.1) is 0 Å². The Labute approximate surface area is 177 Å².